The summed E-state index contributed by atoms with van der Waals surface area (Å²) >= 11 is 1.36. The maximum absolute atomic E-state index is 11.9. The number of fused-ring (bicyclic) bond motifs is 1. The van der Waals surface area contributed by atoms with Crippen molar-refractivity contribution in [2.75, 3.05) is 17.6 Å². The number of amides is 1. The van der Waals surface area contributed by atoms with Gasteiger partial charge in [0.25, 0.3) is 0 Å². The minimum atomic E-state index is -3.17. The summed E-state index contributed by atoms with van der Waals surface area (Å²) in [7, 11) is -3.17. The summed E-state index contributed by atoms with van der Waals surface area (Å²) in [5, 5.41) is 3.33. The highest BCUT2D eigenvalue weighted by Crippen LogP contribution is 2.29. The van der Waals surface area contributed by atoms with E-state index in [1.807, 2.05) is 13.8 Å². The zero-order valence-corrected chi connectivity index (χ0v) is 13.5. The first-order chi connectivity index (χ1) is 9.33. The molecule has 0 saturated carbocycles. The van der Waals surface area contributed by atoms with Crippen LogP contribution in [0.1, 0.15) is 31.3 Å². The lowest BCUT2D eigenvalue weighted by molar-refractivity contribution is -0.118. The first-order valence-corrected chi connectivity index (χ1v) is 9.03. The summed E-state index contributed by atoms with van der Waals surface area (Å²) in [5.41, 5.74) is 0.900. The summed E-state index contributed by atoms with van der Waals surface area (Å²) in [6, 6.07) is 0. The minimum Gasteiger partial charge on any atom is -0.302 e. The molecular formula is C12H19N3O3S2. The number of carbonyl (C=O) groups is 1. The Morgan fingerprint density at radius 1 is 1.50 bits per heavy atom. The quantitative estimate of drug-likeness (QED) is 0.911. The van der Waals surface area contributed by atoms with E-state index in [0.717, 1.165) is 10.6 Å². The van der Waals surface area contributed by atoms with Gasteiger partial charge in [-0.1, -0.05) is 13.8 Å². The summed E-state index contributed by atoms with van der Waals surface area (Å²) < 4.78 is 25.2. The molecule has 0 unspecified atom stereocenters. The molecule has 6 nitrogen and oxygen atoms in total. The second-order valence-corrected chi connectivity index (χ2v) is 8.36. The molecule has 0 saturated heterocycles. The van der Waals surface area contributed by atoms with Gasteiger partial charge in [-0.25, -0.2) is 13.4 Å². The number of rotatable bonds is 4. The predicted octanol–water partition coefficient (Wildman–Crippen LogP) is 1.45. The SMILES string of the molecule is CCS(=O)(=O)N1CCc2nc(NC(=O)C(C)C)sc2C1. The van der Waals surface area contributed by atoms with Crippen molar-refractivity contribution < 1.29 is 13.2 Å². The number of anilines is 1. The van der Waals surface area contributed by atoms with Crippen molar-refractivity contribution in [2.24, 2.45) is 5.92 Å². The summed E-state index contributed by atoms with van der Waals surface area (Å²) in [6.07, 6.45) is 0.600. The molecule has 8 heteroatoms. The lowest BCUT2D eigenvalue weighted by atomic mass is 10.2. The van der Waals surface area contributed by atoms with Crippen LogP contribution in [-0.2, 0) is 27.8 Å². The van der Waals surface area contributed by atoms with Crippen LogP contribution in [0.15, 0.2) is 0 Å². The molecule has 0 radical (unpaired) electrons. The highest BCUT2D eigenvalue weighted by molar-refractivity contribution is 7.89. The van der Waals surface area contributed by atoms with Crippen LogP contribution in [-0.4, -0.2) is 35.9 Å². The van der Waals surface area contributed by atoms with Gasteiger partial charge in [-0.2, -0.15) is 4.31 Å². The smallest absolute Gasteiger partial charge is 0.228 e. The largest absolute Gasteiger partial charge is 0.302 e. The van der Waals surface area contributed by atoms with Crippen molar-refractivity contribution in [1.82, 2.24) is 9.29 Å². The molecule has 1 aromatic heterocycles. The molecule has 1 amide bonds. The highest BCUT2D eigenvalue weighted by Gasteiger charge is 2.28. The van der Waals surface area contributed by atoms with Crippen molar-refractivity contribution in [3.63, 3.8) is 0 Å². The molecule has 0 aromatic carbocycles. The van der Waals surface area contributed by atoms with Crippen LogP contribution in [0.25, 0.3) is 0 Å². The third-order valence-electron chi connectivity index (χ3n) is 3.21. The van der Waals surface area contributed by atoms with Crippen LogP contribution in [0.2, 0.25) is 0 Å². The van der Waals surface area contributed by atoms with E-state index >= 15 is 0 Å². The third-order valence-corrected chi connectivity index (χ3v) is 6.03. The fourth-order valence-corrected chi connectivity index (χ4v) is 4.06. The molecule has 2 heterocycles. The Labute approximate surface area is 123 Å². The molecule has 2 rings (SSSR count). The second kappa shape index (κ2) is 5.79. The Kier molecular flexibility index (Phi) is 4.46. The second-order valence-electron chi connectivity index (χ2n) is 5.02. The van der Waals surface area contributed by atoms with Crippen LogP contribution in [0, 0.1) is 5.92 Å². The maximum Gasteiger partial charge on any atom is 0.228 e. The van der Waals surface area contributed by atoms with Crippen molar-refractivity contribution in [2.45, 2.75) is 33.7 Å². The number of hydrogen-bond acceptors (Lipinski definition) is 5. The first kappa shape index (κ1) is 15.4. The van der Waals surface area contributed by atoms with Gasteiger partial charge in [0.1, 0.15) is 0 Å². The van der Waals surface area contributed by atoms with E-state index < -0.39 is 10.0 Å². The number of nitrogens with zero attached hydrogens (tertiary/aromatic N) is 2. The molecule has 1 N–H and O–H groups in total. The molecule has 1 aliphatic rings. The summed E-state index contributed by atoms with van der Waals surface area (Å²) in [5.74, 6) is -0.0695. The van der Waals surface area contributed by atoms with Crippen LogP contribution in [0.3, 0.4) is 0 Å². The maximum atomic E-state index is 11.9. The Balaban J connectivity index is 2.14. The number of sulfonamides is 1. The molecule has 0 aliphatic carbocycles. The molecule has 1 aromatic rings. The van der Waals surface area contributed by atoms with Crippen LogP contribution in [0.4, 0.5) is 5.13 Å². The molecule has 1 aliphatic heterocycles. The molecular weight excluding hydrogens is 298 g/mol. The average Bonchev–Trinajstić information content (AvgIpc) is 2.79. The van der Waals surface area contributed by atoms with Crippen LogP contribution < -0.4 is 5.32 Å². The summed E-state index contributed by atoms with van der Waals surface area (Å²) in [4.78, 5) is 16.9. The molecule has 0 fully saturated rings. The van der Waals surface area contributed by atoms with Crippen molar-refractivity contribution >= 4 is 32.4 Å². The lowest BCUT2D eigenvalue weighted by Crippen LogP contribution is -2.36. The molecule has 20 heavy (non-hydrogen) atoms. The standard InChI is InChI=1S/C12H19N3O3S2/c1-4-20(17,18)15-6-5-9-10(7-15)19-12(13-9)14-11(16)8(2)3/h8H,4-7H2,1-3H3,(H,13,14,16). The molecule has 0 bridgehead atoms. The minimum absolute atomic E-state index is 0.0749. The number of carbonyl (C=O) groups excluding carboxylic acids is 1. The van der Waals surface area contributed by atoms with Crippen LogP contribution >= 0.6 is 11.3 Å². The van der Waals surface area contributed by atoms with Gasteiger partial charge in [0, 0.05) is 30.3 Å². The highest BCUT2D eigenvalue weighted by atomic mass is 32.2. The van der Waals surface area contributed by atoms with Gasteiger partial charge in [0.2, 0.25) is 15.9 Å². The summed E-state index contributed by atoms with van der Waals surface area (Å²) in [6.45, 7) is 6.10. The van der Waals surface area contributed by atoms with Crippen molar-refractivity contribution in [3.8, 4) is 0 Å². The molecule has 0 spiro atoms. The van der Waals surface area contributed by atoms with E-state index in [-0.39, 0.29) is 17.6 Å². The predicted molar refractivity (Wildman–Crippen MR) is 79.2 cm³/mol. The van der Waals surface area contributed by atoms with Gasteiger partial charge in [-0.3, -0.25) is 4.79 Å². The number of thiazole rings is 1. The lowest BCUT2D eigenvalue weighted by Gasteiger charge is -2.24. The van der Waals surface area contributed by atoms with E-state index in [0.29, 0.717) is 24.6 Å². The number of nitrogens with one attached hydrogen (secondary N) is 1. The average molecular weight is 317 g/mol. The fraction of sp³-hybridized carbons (Fsp3) is 0.667. The molecule has 112 valence electrons. The van der Waals surface area contributed by atoms with E-state index in [2.05, 4.69) is 10.3 Å². The van der Waals surface area contributed by atoms with Crippen molar-refractivity contribution in [1.29, 1.82) is 0 Å². The van der Waals surface area contributed by atoms with Crippen molar-refractivity contribution in [3.05, 3.63) is 10.6 Å². The number of aromatic nitrogens is 1. The zero-order valence-electron chi connectivity index (χ0n) is 11.8. The van der Waals surface area contributed by atoms with E-state index in [9.17, 15) is 13.2 Å². The van der Waals surface area contributed by atoms with Gasteiger partial charge in [-0.05, 0) is 6.92 Å². The monoisotopic (exact) mass is 317 g/mol. The van der Waals surface area contributed by atoms with E-state index in [1.54, 1.807) is 6.92 Å². The van der Waals surface area contributed by atoms with Gasteiger partial charge in [0.05, 0.1) is 11.4 Å². The van der Waals surface area contributed by atoms with E-state index in [4.69, 9.17) is 0 Å². The Hall–Kier alpha value is -0.990. The molecule has 0 atom stereocenters. The Morgan fingerprint density at radius 3 is 2.80 bits per heavy atom. The topological polar surface area (TPSA) is 79.4 Å². The van der Waals surface area contributed by atoms with Gasteiger partial charge < -0.3 is 5.32 Å². The Bertz CT molecular complexity index is 607. The normalized spacial score (nSPS) is 16.2. The van der Waals surface area contributed by atoms with Gasteiger partial charge >= 0.3 is 0 Å². The zero-order chi connectivity index (χ0) is 14.9. The Morgan fingerprint density at radius 2 is 2.20 bits per heavy atom. The third kappa shape index (κ3) is 3.18. The van der Waals surface area contributed by atoms with Gasteiger partial charge in [-0.15, -0.1) is 11.3 Å². The first-order valence-electron chi connectivity index (χ1n) is 6.60. The fourth-order valence-electron chi connectivity index (χ4n) is 1.90. The number of hydrogen-bond donors (Lipinski definition) is 1. The van der Waals surface area contributed by atoms with Crippen LogP contribution in [0.5, 0.6) is 0 Å². The van der Waals surface area contributed by atoms with Gasteiger partial charge in [0.15, 0.2) is 5.13 Å². The van der Waals surface area contributed by atoms with E-state index in [1.165, 1.54) is 15.6 Å².